The van der Waals surface area contributed by atoms with Crippen molar-refractivity contribution in [2.45, 2.75) is 6.10 Å². The third kappa shape index (κ3) is 3.76. The van der Waals surface area contributed by atoms with Crippen molar-refractivity contribution in [2.75, 3.05) is 27.2 Å². The molecule has 18 heavy (non-hydrogen) atoms. The zero-order valence-electron chi connectivity index (χ0n) is 10.6. The van der Waals surface area contributed by atoms with Crippen molar-refractivity contribution in [1.29, 1.82) is 0 Å². The van der Waals surface area contributed by atoms with Crippen molar-refractivity contribution in [1.82, 2.24) is 4.90 Å². The molecule has 5 heteroatoms. The number of amidine groups is 1. The first-order chi connectivity index (χ1) is 8.74. The van der Waals surface area contributed by atoms with Gasteiger partial charge in [-0.15, -0.1) is 0 Å². The van der Waals surface area contributed by atoms with Gasteiger partial charge in [-0.05, 0) is 12.1 Å². The number of aliphatic imine (C=N–C) groups is 2. The van der Waals surface area contributed by atoms with Gasteiger partial charge in [0.05, 0.1) is 12.9 Å². The van der Waals surface area contributed by atoms with Crippen LogP contribution in [0.2, 0.25) is 0 Å². The van der Waals surface area contributed by atoms with Crippen LogP contribution in [0.5, 0.6) is 5.75 Å². The molecule has 1 heterocycles. The zero-order chi connectivity index (χ0) is 12.8. The Morgan fingerprint density at radius 2 is 2.22 bits per heavy atom. The van der Waals surface area contributed by atoms with Gasteiger partial charge in [0.2, 0.25) is 0 Å². The Morgan fingerprint density at radius 3 is 2.94 bits per heavy atom. The highest BCUT2D eigenvalue weighted by Gasteiger charge is 2.19. The zero-order valence-corrected chi connectivity index (χ0v) is 10.6. The third-order valence-electron chi connectivity index (χ3n) is 2.28. The van der Waals surface area contributed by atoms with Crippen LogP contribution in [-0.2, 0) is 4.74 Å². The van der Waals surface area contributed by atoms with Gasteiger partial charge in [0.1, 0.15) is 12.4 Å². The molecule has 0 saturated heterocycles. The maximum Gasteiger partial charge on any atom is 0.313 e. The number of rotatable bonds is 4. The predicted molar refractivity (Wildman–Crippen MR) is 71.3 cm³/mol. The van der Waals surface area contributed by atoms with E-state index in [-0.39, 0.29) is 6.10 Å². The molecule has 1 atom stereocenters. The van der Waals surface area contributed by atoms with E-state index >= 15 is 0 Å². The monoisotopic (exact) mass is 247 g/mol. The first kappa shape index (κ1) is 12.4. The van der Waals surface area contributed by atoms with Crippen LogP contribution in [-0.4, -0.2) is 50.6 Å². The summed E-state index contributed by atoms with van der Waals surface area (Å²) in [6.45, 7) is 1.07. The molecule has 1 aliphatic rings. The highest BCUT2D eigenvalue weighted by atomic mass is 16.6. The molecule has 5 nitrogen and oxygen atoms in total. The molecule has 0 spiro atoms. The molecule has 0 bridgehead atoms. The van der Waals surface area contributed by atoms with Gasteiger partial charge < -0.3 is 14.4 Å². The van der Waals surface area contributed by atoms with E-state index in [1.165, 1.54) is 0 Å². The number of ether oxygens (including phenoxy) is 2. The van der Waals surface area contributed by atoms with Crippen molar-refractivity contribution in [2.24, 2.45) is 9.98 Å². The van der Waals surface area contributed by atoms with Gasteiger partial charge in [0, 0.05) is 14.1 Å². The summed E-state index contributed by atoms with van der Waals surface area (Å²) in [5.74, 6) is 0.839. The van der Waals surface area contributed by atoms with E-state index in [1.807, 2.05) is 49.3 Å². The van der Waals surface area contributed by atoms with Gasteiger partial charge in [0.15, 0.2) is 6.10 Å². The van der Waals surface area contributed by atoms with Crippen molar-refractivity contribution in [3.05, 3.63) is 30.3 Å². The Morgan fingerprint density at radius 1 is 1.44 bits per heavy atom. The van der Waals surface area contributed by atoms with Crippen LogP contribution >= 0.6 is 0 Å². The Kier molecular flexibility index (Phi) is 4.17. The molecule has 0 radical (unpaired) electrons. The molecule has 1 aromatic rings. The van der Waals surface area contributed by atoms with E-state index in [4.69, 9.17) is 9.47 Å². The number of hydrogen-bond acceptors (Lipinski definition) is 4. The summed E-state index contributed by atoms with van der Waals surface area (Å²) in [5.41, 5.74) is 0. The van der Waals surface area contributed by atoms with E-state index in [1.54, 1.807) is 6.34 Å². The minimum absolute atomic E-state index is 0.0560. The van der Waals surface area contributed by atoms with Crippen LogP contribution in [0, 0.1) is 0 Å². The number of nitrogens with zero attached hydrogens (tertiary/aromatic N) is 3. The molecule has 0 aromatic heterocycles. The molecular weight excluding hydrogens is 230 g/mol. The quantitative estimate of drug-likeness (QED) is 0.597. The molecule has 0 aliphatic carbocycles. The van der Waals surface area contributed by atoms with Gasteiger partial charge in [-0.3, -0.25) is 0 Å². The summed E-state index contributed by atoms with van der Waals surface area (Å²) in [4.78, 5) is 10.1. The molecule has 96 valence electrons. The summed E-state index contributed by atoms with van der Waals surface area (Å²) < 4.78 is 11.1. The van der Waals surface area contributed by atoms with Crippen molar-refractivity contribution < 1.29 is 9.47 Å². The van der Waals surface area contributed by atoms with Crippen LogP contribution in [0.4, 0.5) is 0 Å². The van der Waals surface area contributed by atoms with Crippen molar-refractivity contribution in [3.63, 3.8) is 0 Å². The molecular formula is C13H17N3O2. The maximum absolute atomic E-state index is 5.60. The Labute approximate surface area is 107 Å². The van der Waals surface area contributed by atoms with E-state index in [2.05, 4.69) is 9.98 Å². The first-order valence-corrected chi connectivity index (χ1v) is 5.83. The second-order valence-corrected chi connectivity index (χ2v) is 4.20. The van der Waals surface area contributed by atoms with Crippen LogP contribution in [0.3, 0.4) is 0 Å². The highest BCUT2D eigenvalue weighted by molar-refractivity contribution is 5.83. The lowest BCUT2D eigenvalue weighted by atomic mass is 10.3. The minimum Gasteiger partial charge on any atom is -0.490 e. The lowest BCUT2D eigenvalue weighted by molar-refractivity contribution is 0.141. The van der Waals surface area contributed by atoms with Gasteiger partial charge in [-0.2, -0.15) is 4.99 Å². The molecule has 0 saturated carbocycles. The lowest BCUT2D eigenvalue weighted by Crippen LogP contribution is -2.21. The summed E-state index contributed by atoms with van der Waals surface area (Å²) >= 11 is 0. The summed E-state index contributed by atoms with van der Waals surface area (Å²) in [6.07, 6.45) is 1.61. The average molecular weight is 247 g/mol. The second kappa shape index (κ2) is 6.05. The summed E-state index contributed by atoms with van der Waals surface area (Å²) in [6, 6.07) is 10.1. The molecule has 0 N–H and O–H groups in total. The standard InChI is InChI=1S/C13H17N3O2/c1-16(2)10-15-13-14-8-12(18-13)9-17-11-6-4-3-5-7-11/h3-7,10,12H,8-9H2,1-2H3/b15-10+. The number of hydrogen-bond donors (Lipinski definition) is 0. The SMILES string of the molecule is CN(C)/C=N/C1=NCC(COc2ccccc2)O1. The molecule has 1 aromatic carbocycles. The molecule has 1 unspecified atom stereocenters. The fraction of sp³-hybridized carbons (Fsp3) is 0.385. The Hall–Kier alpha value is -2.04. The fourth-order valence-corrected chi connectivity index (χ4v) is 1.43. The van der Waals surface area contributed by atoms with Gasteiger partial charge in [-0.1, -0.05) is 18.2 Å². The topological polar surface area (TPSA) is 46.4 Å². The van der Waals surface area contributed by atoms with Crippen molar-refractivity contribution >= 4 is 12.4 Å². The fourth-order valence-electron chi connectivity index (χ4n) is 1.43. The smallest absolute Gasteiger partial charge is 0.313 e. The third-order valence-corrected chi connectivity index (χ3v) is 2.28. The largest absolute Gasteiger partial charge is 0.490 e. The van der Waals surface area contributed by atoms with E-state index in [0.717, 1.165) is 5.75 Å². The average Bonchev–Trinajstić information content (AvgIpc) is 2.83. The first-order valence-electron chi connectivity index (χ1n) is 5.83. The normalized spacial score (nSPS) is 18.6. The van der Waals surface area contributed by atoms with Gasteiger partial charge >= 0.3 is 6.02 Å². The second-order valence-electron chi connectivity index (χ2n) is 4.20. The molecule has 2 rings (SSSR count). The van der Waals surface area contributed by atoms with Gasteiger partial charge in [-0.25, -0.2) is 4.99 Å². The van der Waals surface area contributed by atoms with Crippen molar-refractivity contribution in [3.8, 4) is 5.75 Å². The van der Waals surface area contributed by atoms with Crippen LogP contribution in [0.1, 0.15) is 0 Å². The number of benzene rings is 1. The van der Waals surface area contributed by atoms with E-state index in [9.17, 15) is 0 Å². The maximum atomic E-state index is 5.60. The Bertz CT molecular complexity index is 429. The van der Waals surface area contributed by atoms with Crippen LogP contribution < -0.4 is 4.74 Å². The lowest BCUT2D eigenvalue weighted by Gasteiger charge is -2.11. The molecule has 0 fully saturated rings. The highest BCUT2D eigenvalue weighted by Crippen LogP contribution is 2.11. The van der Waals surface area contributed by atoms with Crippen LogP contribution in [0.15, 0.2) is 40.3 Å². The summed E-state index contributed by atoms with van der Waals surface area (Å²) in [7, 11) is 3.80. The Balaban J connectivity index is 1.75. The minimum atomic E-state index is -0.0560. The summed E-state index contributed by atoms with van der Waals surface area (Å²) in [5, 5.41) is 0. The molecule has 1 aliphatic heterocycles. The van der Waals surface area contributed by atoms with E-state index in [0.29, 0.717) is 19.2 Å². The van der Waals surface area contributed by atoms with Gasteiger partial charge in [0.25, 0.3) is 0 Å². The van der Waals surface area contributed by atoms with Crippen LogP contribution in [0.25, 0.3) is 0 Å². The predicted octanol–water partition coefficient (Wildman–Crippen LogP) is 1.41. The van der Waals surface area contributed by atoms with E-state index < -0.39 is 0 Å². The molecule has 0 amide bonds. The number of para-hydroxylation sites is 1.